The number of carbonyl (C=O) groups is 1. The monoisotopic (exact) mass is 294 g/mol. The van der Waals surface area contributed by atoms with E-state index in [0.717, 1.165) is 0 Å². The van der Waals surface area contributed by atoms with Gasteiger partial charge in [-0.3, -0.25) is 4.79 Å². The van der Waals surface area contributed by atoms with E-state index >= 15 is 0 Å². The SMILES string of the molecule is C=C(NCc1cc(F)c2c(c1)NC(=O)CO2)OC(C)(C)C. The van der Waals surface area contributed by atoms with Gasteiger partial charge in [-0.15, -0.1) is 0 Å². The Labute approximate surface area is 123 Å². The van der Waals surface area contributed by atoms with Gasteiger partial charge in [0, 0.05) is 6.54 Å². The lowest BCUT2D eigenvalue weighted by molar-refractivity contribution is -0.118. The van der Waals surface area contributed by atoms with Crippen LogP contribution in [0.25, 0.3) is 0 Å². The van der Waals surface area contributed by atoms with Crippen LogP contribution >= 0.6 is 0 Å². The minimum Gasteiger partial charge on any atom is -0.478 e. The Morgan fingerprint density at radius 3 is 2.90 bits per heavy atom. The van der Waals surface area contributed by atoms with E-state index in [4.69, 9.17) is 9.47 Å². The van der Waals surface area contributed by atoms with Gasteiger partial charge in [0.25, 0.3) is 5.91 Å². The molecule has 0 radical (unpaired) electrons. The Bertz CT molecular complexity index is 579. The molecule has 1 amide bonds. The van der Waals surface area contributed by atoms with E-state index < -0.39 is 5.82 Å². The largest absolute Gasteiger partial charge is 0.478 e. The number of fused-ring (bicyclic) bond motifs is 1. The number of hydrogen-bond donors (Lipinski definition) is 2. The maximum Gasteiger partial charge on any atom is 0.262 e. The van der Waals surface area contributed by atoms with Crippen molar-refractivity contribution in [1.29, 1.82) is 0 Å². The van der Waals surface area contributed by atoms with Gasteiger partial charge < -0.3 is 20.1 Å². The number of anilines is 1. The molecule has 0 saturated carbocycles. The van der Waals surface area contributed by atoms with Crippen LogP contribution in [-0.2, 0) is 16.1 Å². The molecule has 2 N–H and O–H groups in total. The predicted octanol–water partition coefficient (Wildman–Crippen LogP) is 2.53. The first-order valence-corrected chi connectivity index (χ1v) is 6.61. The van der Waals surface area contributed by atoms with Crippen molar-refractivity contribution in [2.45, 2.75) is 32.9 Å². The van der Waals surface area contributed by atoms with E-state index in [-0.39, 0.29) is 23.9 Å². The van der Waals surface area contributed by atoms with Gasteiger partial charge in [0.15, 0.2) is 24.1 Å². The number of nitrogens with one attached hydrogen (secondary N) is 2. The van der Waals surface area contributed by atoms with Crippen LogP contribution in [0.3, 0.4) is 0 Å². The molecule has 21 heavy (non-hydrogen) atoms. The number of ether oxygens (including phenoxy) is 2. The average molecular weight is 294 g/mol. The molecule has 1 heterocycles. The first-order chi connectivity index (χ1) is 9.74. The van der Waals surface area contributed by atoms with E-state index in [1.165, 1.54) is 6.07 Å². The fraction of sp³-hybridized carbons (Fsp3) is 0.400. The van der Waals surface area contributed by atoms with Crippen LogP contribution in [0.2, 0.25) is 0 Å². The zero-order valence-electron chi connectivity index (χ0n) is 12.4. The number of carbonyl (C=O) groups excluding carboxylic acids is 1. The summed E-state index contributed by atoms with van der Waals surface area (Å²) in [7, 11) is 0. The Morgan fingerprint density at radius 1 is 1.52 bits per heavy atom. The summed E-state index contributed by atoms with van der Waals surface area (Å²) in [6.07, 6.45) is 0. The van der Waals surface area contributed by atoms with Crippen LogP contribution in [0.5, 0.6) is 5.75 Å². The average Bonchev–Trinajstić information content (AvgIpc) is 2.33. The summed E-state index contributed by atoms with van der Waals surface area (Å²) in [4.78, 5) is 11.3. The highest BCUT2D eigenvalue weighted by atomic mass is 19.1. The number of rotatable bonds is 4. The fourth-order valence-corrected chi connectivity index (χ4v) is 1.92. The van der Waals surface area contributed by atoms with Crippen LogP contribution in [0.15, 0.2) is 24.6 Å². The fourth-order valence-electron chi connectivity index (χ4n) is 1.92. The first-order valence-electron chi connectivity index (χ1n) is 6.61. The van der Waals surface area contributed by atoms with Crippen molar-refractivity contribution in [2.75, 3.05) is 11.9 Å². The quantitative estimate of drug-likeness (QED) is 0.838. The molecular weight excluding hydrogens is 275 g/mol. The van der Waals surface area contributed by atoms with Crippen LogP contribution < -0.4 is 15.4 Å². The van der Waals surface area contributed by atoms with Gasteiger partial charge in [0.05, 0.1) is 5.69 Å². The predicted molar refractivity (Wildman–Crippen MR) is 77.3 cm³/mol. The molecule has 114 valence electrons. The van der Waals surface area contributed by atoms with Crippen molar-refractivity contribution in [1.82, 2.24) is 5.32 Å². The van der Waals surface area contributed by atoms with Gasteiger partial charge in [-0.2, -0.15) is 0 Å². The van der Waals surface area contributed by atoms with Gasteiger partial charge in [0.1, 0.15) is 5.60 Å². The van der Waals surface area contributed by atoms with Gasteiger partial charge in [-0.25, -0.2) is 4.39 Å². The third-order valence-electron chi connectivity index (χ3n) is 2.64. The van der Waals surface area contributed by atoms with E-state index in [2.05, 4.69) is 17.2 Å². The van der Waals surface area contributed by atoms with Crippen molar-refractivity contribution in [3.8, 4) is 5.75 Å². The number of amides is 1. The Balaban J connectivity index is 2.05. The summed E-state index contributed by atoms with van der Waals surface area (Å²) in [5, 5.41) is 5.55. The molecule has 0 bridgehead atoms. The molecule has 0 aliphatic carbocycles. The molecule has 0 aromatic heterocycles. The summed E-state index contributed by atoms with van der Waals surface area (Å²) in [6.45, 7) is 9.64. The minimum absolute atomic E-state index is 0.0723. The van der Waals surface area contributed by atoms with Crippen molar-refractivity contribution in [2.24, 2.45) is 0 Å². The number of benzene rings is 1. The molecule has 5 nitrogen and oxygen atoms in total. The van der Waals surface area contributed by atoms with Crippen molar-refractivity contribution < 1.29 is 18.7 Å². The standard InChI is InChI=1S/C15H19FN2O3/c1-9(21-15(2,3)4)17-7-10-5-11(16)14-12(6-10)18-13(19)8-20-14/h5-6,17H,1,7-8H2,2-4H3,(H,18,19). The maximum absolute atomic E-state index is 13.9. The van der Waals surface area contributed by atoms with Gasteiger partial charge >= 0.3 is 0 Å². The topological polar surface area (TPSA) is 59.6 Å². The molecule has 0 unspecified atom stereocenters. The molecule has 1 aromatic rings. The molecular formula is C15H19FN2O3. The van der Waals surface area contributed by atoms with Crippen LogP contribution in [0.4, 0.5) is 10.1 Å². The van der Waals surface area contributed by atoms with E-state index in [0.29, 0.717) is 23.7 Å². The highest BCUT2D eigenvalue weighted by Gasteiger charge is 2.20. The molecule has 6 heteroatoms. The van der Waals surface area contributed by atoms with Crippen LogP contribution in [0, 0.1) is 5.82 Å². The first kappa shape index (κ1) is 15.2. The lowest BCUT2D eigenvalue weighted by Gasteiger charge is -2.24. The van der Waals surface area contributed by atoms with E-state index in [9.17, 15) is 9.18 Å². The van der Waals surface area contributed by atoms with E-state index in [1.54, 1.807) is 6.07 Å². The zero-order chi connectivity index (χ0) is 15.6. The zero-order valence-corrected chi connectivity index (χ0v) is 12.4. The van der Waals surface area contributed by atoms with Crippen LogP contribution in [0.1, 0.15) is 26.3 Å². The molecule has 1 aliphatic rings. The second kappa shape index (κ2) is 5.63. The Kier molecular flexibility index (Phi) is 4.06. The van der Waals surface area contributed by atoms with Crippen LogP contribution in [-0.4, -0.2) is 18.1 Å². The maximum atomic E-state index is 13.9. The van der Waals surface area contributed by atoms with Crippen molar-refractivity contribution in [3.05, 3.63) is 36.0 Å². The third-order valence-corrected chi connectivity index (χ3v) is 2.64. The van der Waals surface area contributed by atoms with E-state index in [1.807, 2.05) is 20.8 Å². The molecule has 0 atom stereocenters. The lowest BCUT2D eigenvalue weighted by Crippen LogP contribution is -2.27. The smallest absolute Gasteiger partial charge is 0.262 e. The Hall–Kier alpha value is -2.24. The highest BCUT2D eigenvalue weighted by molar-refractivity contribution is 5.95. The van der Waals surface area contributed by atoms with Gasteiger partial charge in [-0.1, -0.05) is 0 Å². The Morgan fingerprint density at radius 2 is 2.24 bits per heavy atom. The second-order valence-electron chi connectivity index (χ2n) is 5.78. The molecule has 1 aromatic carbocycles. The molecule has 2 rings (SSSR count). The van der Waals surface area contributed by atoms with Gasteiger partial charge in [0.2, 0.25) is 0 Å². The summed E-state index contributed by atoms with van der Waals surface area (Å²) >= 11 is 0. The summed E-state index contributed by atoms with van der Waals surface area (Å²) in [5.74, 6) is -0.330. The molecule has 1 aliphatic heterocycles. The summed E-state index contributed by atoms with van der Waals surface area (Å²) in [5.41, 5.74) is 0.633. The molecule has 0 spiro atoms. The molecule has 0 fully saturated rings. The molecule has 0 saturated heterocycles. The second-order valence-corrected chi connectivity index (χ2v) is 5.78. The van der Waals surface area contributed by atoms with Crippen molar-refractivity contribution >= 4 is 11.6 Å². The summed E-state index contributed by atoms with van der Waals surface area (Å²) < 4.78 is 24.5. The highest BCUT2D eigenvalue weighted by Crippen LogP contribution is 2.32. The third kappa shape index (κ3) is 4.11. The lowest BCUT2D eigenvalue weighted by atomic mass is 10.1. The number of hydrogen-bond acceptors (Lipinski definition) is 4. The van der Waals surface area contributed by atoms with Crippen molar-refractivity contribution in [3.63, 3.8) is 0 Å². The number of halogens is 1. The summed E-state index contributed by atoms with van der Waals surface area (Å²) in [6, 6.07) is 3.01. The normalized spacial score (nSPS) is 13.8. The minimum atomic E-state index is -0.508. The van der Waals surface area contributed by atoms with Gasteiger partial charge in [-0.05, 0) is 45.0 Å².